The molecule has 3 N–H and O–H groups in total. The van der Waals surface area contributed by atoms with Crippen molar-refractivity contribution in [2.75, 3.05) is 5.73 Å². The highest BCUT2D eigenvalue weighted by atomic mass is 32.1. The molecule has 3 nitrogen and oxygen atoms in total. The molecule has 2 aromatic rings. The summed E-state index contributed by atoms with van der Waals surface area (Å²) in [6, 6.07) is 4.23. The number of aromatic nitrogens is 2. The highest BCUT2D eigenvalue weighted by Gasteiger charge is 2.12. The van der Waals surface area contributed by atoms with E-state index in [1.54, 1.807) is 11.3 Å². The Morgan fingerprint density at radius 3 is 2.87 bits per heavy atom. The highest BCUT2D eigenvalue weighted by molar-refractivity contribution is 7.15. The normalized spacial score (nSPS) is 10.8. The van der Waals surface area contributed by atoms with Crippen molar-refractivity contribution in [1.82, 2.24) is 10.2 Å². The summed E-state index contributed by atoms with van der Waals surface area (Å²) < 4.78 is 0. The first-order chi connectivity index (χ1) is 7.22. The predicted molar refractivity (Wildman–Crippen MR) is 65.0 cm³/mol. The van der Waals surface area contributed by atoms with E-state index < -0.39 is 0 Å². The Hall–Kier alpha value is -1.29. The summed E-state index contributed by atoms with van der Waals surface area (Å²) in [4.78, 5) is 2.53. The zero-order valence-electron chi connectivity index (χ0n) is 9.00. The topological polar surface area (TPSA) is 54.7 Å². The van der Waals surface area contributed by atoms with E-state index in [2.05, 4.69) is 36.2 Å². The molecule has 0 amide bonds. The lowest BCUT2D eigenvalue weighted by Gasteiger charge is -1.99. The molecule has 0 aliphatic rings. The Bertz CT molecular complexity index is 456. The van der Waals surface area contributed by atoms with Crippen LogP contribution in [0, 0.1) is 6.92 Å². The maximum Gasteiger partial charge on any atom is 0.149 e. The lowest BCUT2D eigenvalue weighted by atomic mass is 10.1. The van der Waals surface area contributed by atoms with Gasteiger partial charge in [0, 0.05) is 10.4 Å². The van der Waals surface area contributed by atoms with E-state index in [0.717, 1.165) is 24.1 Å². The molecule has 15 heavy (non-hydrogen) atoms. The van der Waals surface area contributed by atoms with Gasteiger partial charge in [0.15, 0.2) is 0 Å². The van der Waals surface area contributed by atoms with Crippen molar-refractivity contribution in [1.29, 1.82) is 0 Å². The second-order valence-corrected chi connectivity index (χ2v) is 4.91. The molecule has 0 radical (unpaired) electrons. The van der Waals surface area contributed by atoms with Crippen molar-refractivity contribution in [3.63, 3.8) is 0 Å². The Balaban J connectivity index is 2.43. The Morgan fingerprint density at radius 1 is 1.47 bits per heavy atom. The number of hydrogen-bond donors (Lipinski definition) is 2. The first-order valence-corrected chi connectivity index (χ1v) is 5.93. The van der Waals surface area contributed by atoms with Crippen LogP contribution in [0.3, 0.4) is 0 Å². The molecular weight excluding hydrogens is 206 g/mol. The van der Waals surface area contributed by atoms with Crippen LogP contribution in [0.2, 0.25) is 0 Å². The molecule has 0 unspecified atom stereocenters. The molecule has 0 aromatic carbocycles. The van der Waals surface area contributed by atoms with Crippen LogP contribution in [0.25, 0.3) is 10.6 Å². The summed E-state index contributed by atoms with van der Waals surface area (Å²) in [5, 5.41) is 7.10. The number of anilines is 1. The first-order valence-electron chi connectivity index (χ1n) is 5.12. The van der Waals surface area contributed by atoms with Gasteiger partial charge in [0.05, 0.1) is 10.6 Å². The number of nitrogen functional groups attached to an aromatic ring is 1. The number of aromatic amines is 1. The molecule has 0 spiro atoms. The van der Waals surface area contributed by atoms with Crippen LogP contribution >= 0.6 is 11.3 Å². The third kappa shape index (κ3) is 1.90. The van der Waals surface area contributed by atoms with Crippen LogP contribution in [-0.2, 0) is 6.42 Å². The van der Waals surface area contributed by atoms with Gasteiger partial charge in [-0.05, 0) is 25.5 Å². The van der Waals surface area contributed by atoms with Crippen molar-refractivity contribution >= 4 is 17.2 Å². The number of nitrogens with one attached hydrogen (secondary N) is 1. The summed E-state index contributed by atoms with van der Waals surface area (Å²) in [7, 11) is 0. The molecule has 2 aromatic heterocycles. The van der Waals surface area contributed by atoms with Crippen LogP contribution < -0.4 is 5.73 Å². The molecule has 2 rings (SSSR count). The monoisotopic (exact) mass is 221 g/mol. The van der Waals surface area contributed by atoms with Gasteiger partial charge in [-0.25, -0.2) is 0 Å². The number of hydrogen-bond acceptors (Lipinski definition) is 3. The largest absolute Gasteiger partial charge is 0.382 e. The average molecular weight is 221 g/mol. The van der Waals surface area contributed by atoms with Gasteiger partial charge in [-0.2, -0.15) is 5.10 Å². The molecule has 0 bridgehead atoms. The summed E-state index contributed by atoms with van der Waals surface area (Å²) in [5.41, 5.74) is 8.08. The Morgan fingerprint density at radius 2 is 2.27 bits per heavy atom. The van der Waals surface area contributed by atoms with Gasteiger partial charge in [0.2, 0.25) is 0 Å². The fourth-order valence-electron chi connectivity index (χ4n) is 1.65. The molecule has 0 aliphatic carbocycles. The van der Waals surface area contributed by atoms with E-state index in [4.69, 9.17) is 5.73 Å². The summed E-state index contributed by atoms with van der Waals surface area (Å²) in [6.45, 7) is 4.25. The van der Waals surface area contributed by atoms with Gasteiger partial charge >= 0.3 is 0 Å². The number of H-pyrrole nitrogens is 1. The van der Waals surface area contributed by atoms with Crippen molar-refractivity contribution in [2.45, 2.75) is 26.7 Å². The van der Waals surface area contributed by atoms with Gasteiger partial charge in [0.25, 0.3) is 0 Å². The summed E-state index contributed by atoms with van der Waals surface area (Å²) in [5.74, 6) is 0.637. The second kappa shape index (κ2) is 4.06. The van der Waals surface area contributed by atoms with Crippen molar-refractivity contribution in [3.05, 3.63) is 22.6 Å². The molecule has 0 aliphatic heterocycles. The van der Waals surface area contributed by atoms with Gasteiger partial charge < -0.3 is 5.73 Å². The lowest BCUT2D eigenvalue weighted by molar-refractivity contribution is 0.927. The number of rotatable bonds is 3. The summed E-state index contributed by atoms with van der Waals surface area (Å²) in [6.07, 6.45) is 2.07. The Labute approximate surface area is 93.3 Å². The smallest absolute Gasteiger partial charge is 0.149 e. The minimum Gasteiger partial charge on any atom is -0.382 e. The fourth-order valence-corrected chi connectivity index (χ4v) is 2.54. The SMILES string of the molecule is CCCc1c(N)n[nH]c1-c1ccc(C)s1. The fraction of sp³-hybridized carbons (Fsp3) is 0.364. The number of nitrogens with two attached hydrogens (primary N) is 1. The van der Waals surface area contributed by atoms with E-state index in [1.807, 2.05) is 0 Å². The first kappa shape index (κ1) is 10.2. The average Bonchev–Trinajstić information content (AvgIpc) is 2.76. The van der Waals surface area contributed by atoms with Crippen molar-refractivity contribution in [3.8, 4) is 10.6 Å². The van der Waals surface area contributed by atoms with E-state index in [0.29, 0.717) is 5.82 Å². The second-order valence-electron chi connectivity index (χ2n) is 3.62. The molecular formula is C11H15N3S. The zero-order chi connectivity index (χ0) is 10.8. The minimum atomic E-state index is 0.637. The lowest BCUT2D eigenvalue weighted by Crippen LogP contribution is -1.91. The molecule has 0 fully saturated rings. The predicted octanol–water partition coefficient (Wildman–Crippen LogP) is 2.98. The standard InChI is InChI=1S/C11H15N3S/c1-3-4-8-10(13-14-11(8)12)9-6-5-7(2)15-9/h5-6H,3-4H2,1-2H3,(H3,12,13,14). The van der Waals surface area contributed by atoms with E-state index in [1.165, 1.54) is 9.75 Å². The molecule has 0 atom stereocenters. The molecule has 80 valence electrons. The van der Waals surface area contributed by atoms with Gasteiger partial charge in [-0.15, -0.1) is 11.3 Å². The van der Waals surface area contributed by atoms with Gasteiger partial charge in [0.1, 0.15) is 5.82 Å². The van der Waals surface area contributed by atoms with E-state index in [-0.39, 0.29) is 0 Å². The molecule has 0 saturated carbocycles. The molecule has 0 saturated heterocycles. The molecule has 4 heteroatoms. The van der Waals surface area contributed by atoms with Crippen LogP contribution in [0.4, 0.5) is 5.82 Å². The van der Waals surface area contributed by atoms with Crippen LogP contribution in [0.5, 0.6) is 0 Å². The van der Waals surface area contributed by atoms with Gasteiger partial charge in [-0.1, -0.05) is 13.3 Å². The van der Waals surface area contributed by atoms with Crippen LogP contribution in [0.15, 0.2) is 12.1 Å². The minimum absolute atomic E-state index is 0.637. The van der Waals surface area contributed by atoms with Crippen LogP contribution in [-0.4, -0.2) is 10.2 Å². The molecule has 2 heterocycles. The third-order valence-corrected chi connectivity index (χ3v) is 3.40. The maximum atomic E-state index is 5.83. The van der Waals surface area contributed by atoms with E-state index >= 15 is 0 Å². The van der Waals surface area contributed by atoms with Crippen molar-refractivity contribution in [2.24, 2.45) is 0 Å². The number of nitrogens with zero attached hydrogens (tertiary/aromatic N) is 1. The van der Waals surface area contributed by atoms with Crippen LogP contribution in [0.1, 0.15) is 23.8 Å². The highest BCUT2D eigenvalue weighted by Crippen LogP contribution is 2.31. The summed E-state index contributed by atoms with van der Waals surface area (Å²) >= 11 is 1.77. The van der Waals surface area contributed by atoms with Crippen molar-refractivity contribution < 1.29 is 0 Å². The van der Waals surface area contributed by atoms with E-state index in [9.17, 15) is 0 Å². The zero-order valence-corrected chi connectivity index (χ0v) is 9.82. The Kier molecular flexibility index (Phi) is 2.77. The number of aryl methyl sites for hydroxylation is 1. The third-order valence-electron chi connectivity index (χ3n) is 2.39. The van der Waals surface area contributed by atoms with Gasteiger partial charge in [-0.3, -0.25) is 5.10 Å². The quantitative estimate of drug-likeness (QED) is 0.837. The number of thiophene rings is 1. The maximum absolute atomic E-state index is 5.83.